The molecule has 218 valence electrons. The quantitative estimate of drug-likeness (QED) is 0.165. The highest BCUT2D eigenvalue weighted by Gasteiger charge is 2.58. The molecule has 12 unspecified atom stereocenters. The molecule has 1 saturated carbocycles. The summed E-state index contributed by atoms with van der Waals surface area (Å²) < 4.78 is 0. The Balaban J connectivity index is 2.41. The summed E-state index contributed by atoms with van der Waals surface area (Å²) in [6.07, 6.45) is -0.121. The molecule has 8 heteroatoms. The molecule has 2 rings (SSSR count). The molecule has 7 N–H and O–H groups in total. The summed E-state index contributed by atoms with van der Waals surface area (Å²) in [6.45, 7) is 14.6. The summed E-state index contributed by atoms with van der Waals surface area (Å²) in [5.41, 5.74) is 1.10. The van der Waals surface area contributed by atoms with Crippen molar-refractivity contribution >= 4 is 5.97 Å². The van der Waals surface area contributed by atoms with Crippen LogP contribution in [0, 0.1) is 40.9 Å². The predicted octanol–water partition coefficient (Wildman–Crippen LogP) is 2.67. The molecule has 0 heterocycles. The number of aliphatic carboxylic acids is 1. The summed E-state index contributed by atoms with van der Waals surface area (Å²) in [4.78, 5) is 11.8. The summed E-state index contributed by atoms with van der Waals surface area (Å²) >= 11 is 0. The van der Waals surface area contributed by atoms with Gasteiger partial charge >= 0.3 is 5.97 Å². The van der Waals surface area contributed by atoms with Crippen molar-refractivity contribution in [3.63, 3.8) is 0 Å². The molecular formula is C30H50O8. The van der Waals surface area contributed by atoms with Crippen molar-refractivity contribution in [3.8, 4) is 0 Å². The third-order valence-corrected chi connectivity index (χ3v) is 9.29. The third kappa shape index (κ3) is 6.60. The molecule has 2 aliphatic rings. The zero-order valence-corrected chi connectivity index (χ0v) is 24.1. The fourth-order valence-corrected chi connectivity index (χ4v) is 6.98. The van der Waals surface area contributed by atoms with Crippen molar-refractivity contribution in [3.05, 3.63) is 34.9 Å². The van der Waals surface area contributed by atoms with E-state index in [1.807, 2.05) is 53.7 Å². The number of carboxylic acids is 1. The van der Waals surface area contributed by atoms with Crippen LogP contribution in [0.1, 0.15) is 68.2 Å². The molecule has 0 saturated heterocycles. The normalized spacial score (nSPS) is 37.8. The standard InChI is InChI=1S/C30H50O8/c1-14(2)25(33)18(6)22(32)12-20(31)10-9-15(3)23-17(5)13-30(8)24(21(23)11-16(4)29(37)38)19(7)26(34)27(35)28(30)36/h9,11,13-14,18-28,31-36H,10,12H2,1-8H3,(H,37,38). The monoisotopic (exact) mass is 538 g/mol. The Hall–Kier alpha value is -1.55. The lowest BCUT2D eigenvalue weighted by Crippen LogP contribution is -2.63. The lowest BCUT2D eigenvalue weighted by atomic mass is 9.49. The number of fused-ring (bicyclic) bond motifs is 1. The van der Waals surface area contributed by atoms with Crippen LogP contribution in [0.4, 0.5) is 0 Å². The number of hydrogen-bond donors (Lipinski definition) is 7. The average molecular weight is 539 g/mol. The second kappa shape index (κ2) is 12.7. The smallest absolute Gasteiger partial charge is 0.330 e. The summed E-state index contributed by atoms with van der Waals surface area (Å²) in [7, 11) is 0. The van der Waals surface area contributed by atoms with Gasteiger partial charge in [-0.15, -0.1) is 0 Å². The van der Waals surface area contributed by atoms with Crippen LogP contribution >= 0.6 is 0 Å². The van der Waals surface area contributed by atoms with E-state index < -0.39 is 53.9 Å². The Kier molecular flexibility index (Phi) is 11.0. The van der Waals surface area contributed by atoms with Crippen LogP contribution in [0.15, 0.2) is 34.9 Å². The van der Waals surface area contributed by atoms with Gasteiger partial charge in [-0.25, -0.2) is 4.79 Å². The van der Waals surface area contributed by atoms with Crippen molar-refractivity contribution in [1.29, 1.82) is 0 Å². The summed E-state index contributed by atoms with van der Waals surface area (Å²) in [5, 5.41) is 73.4. The first-order chi connectivity index (χ1) is 17.4. The molecule has 0 aromatic carbocycles. The van der Waals surface area contributed by atoms with E-state index >= 15 is 0 Å². The van der Waals surface area contributed by atoms with Gasteiger partial charge in [0.25, 0.3) is 0 Å². The zero-order chi connectivity index (χ0) is 29.3. The van der Waals surface area contributed by atoms with Gasteiger partial charge in [0, 0.05) is 22.8 Å². The third-order valence-electron chi connectivity index (χ3n) is 9.29. The van der Waals surface area contributed by atoms with Gasteiger partial charge in [0.05, 0.1) is 30.5 Å². The van der Waals surface area contributed by atoms with E-state index in [4.69, 9.17) is 0 Å². The minimum atomic E-state index is -1.31. The second-order valence-corrected chi connectivity index (χ2v) is 12.5. The number of allylic oxidation sites excluding steroid dienone is 3. The SMILES string of the molecule is CC(=CC1C(C(C)=CCC(O)CC(O)C(C)C(O)C(C)C)C(C)=CC2(C)C(O)C(O)C(O)C(C)C12)C(=O)O. The number of aliphatic hydroxyl groups excluding tert-OH is 6. The van der Waals surface area contributed by atoms with Crippen molar-refractivity contribution in [1.82, 2.24) is 0 Å². The Bertz CT molecular complexity index is 923. The molecule has 0 aliphatic heterocycles. The van der Waals surface area contributed by atoms with Gasteiger partial charge in [-0.1, -0.05) is 64.0 Å². The molecule has 0 aromatic heterocycles. The van der Waals surface area contributed by atoms with Gasteiger partial charge in [-0.3, -0.25) is 0 Å². The van der Waals surface area contributed by atoms with E-state index in [0.717, 1.165) is 11.1 Å². The van der Waals surface area contributed by atoms with Crippen LogP contribution in [-0.2, 0) is 4.79 Å². The first kappa shape index (κ1) is 32.7. The van der Waals surface area contributed by atoms with Crippen LogP contribution < -0.4 is 0 Å². The maximum absolute atomic E-state index is 11.8. The van der Waals surface area contributed by atoms with Gasteiger partial charge in [0.1, 0.15) is 6.10 Å². The fourth-order valence-electron chi connectivity index (χ4n) is 6.98. The minimum absolute atomic E-state index is 0.00902. The van der Waals surface area contributed by atoms with Crippen LogP contribution in [0.2, 0.25) is 0 Å². The fraction of sp³-hybridized carbons (Fsp3) is 0.767. The zero-order valence-electron chi connectivity index (χ0n) is 24.1. The molecule has 0 spiro atoms. The van der Waals surface area contributed by atoms with E-state index in [0.29, 0.717) is 0 Å². The maximum atomic E-state index is 11.8. The Labute approximate surface area is 227 Å². The van der Waals surface area contributed by atoms with Crippen molar-refractivity contribution in [2.75, 3.05) is 0 Å². The molecule has 0 radical (unpaired) electrons. The molecule has 2 aliphatic carbocycles. The number of carbonyl (C=O) groups is 1. The van der Waals surface area contributed by atoms with Crippen LogP contribution in [0.25, 0.3) is 0 Å². The van der Waals surface area contributed by atoms with Crippen LogP contribution in [0.5, 0.6) is 0 Å². The Morgan fingerprint density at radius 2 is 1.66 bits per heavy atom. The number of hydrogen-bond acceptors (Lipinski definition) is 7. The van der Waals surface area contributed by atoms with Crippen LogP contribution in [-0.4, -0.2) is 78.3 Å². The van der Waals surface area contributed by atoms with E-state index in [1.54, 1.807) is 13.0 Å². The second-order valence-electron chi connectivity index (χ2n) is 12.5. The minimum Gasteiger partial charge on any atom is -0.478 e. The number of aliphatic hydroxyl groups is 6. The number of carboxylic acid groups (broad SMARTS) is 1. The van der Waals surface area contributed by atoms with E-state index in [-0.39, 0.29) is 48.0 Å². The van der Waals surface area contributed by atoms with E-state index in [1.165, 1.54) is 6.92 Å². The van der Waals surface area contributed by atoms with E-state index in [2.05, 4.69) is 0 Å². The van der Waals surface area contributed by atoms with E-state index in [9.17, 15) is 40.5 Å². The van der Waals surface area contributed by atoms with Gasteiger partial charge in [0.2, 0.25) is 0 Å². The molecule has 12 atom stereocenters. The number of rotatable bonds is 10. The van der Waals surface area contributed by atoms with Crippen molar-refractivity contribution in [2.24, 2.45) is 40.9 Å². The molecule has 38 heavy (non-hydrogen) atoms. The molecular weight excluding hydrogens is 488 g/mol. The molecule has 8 nitrogen and oxygen atoms in total. The predicted molar refractivity (Wildman–Crippen MR) is 146 cm³/mol. The maximum Gasteiger partial charge on any atom is 0.330 e. The van der Waals surface area contributed by atoms with Crippen LogP contribution in [0.3, 0.4) is 0 Å². The van der Waals surface area contributed by atoms with Gasteiger partial charge in [0.15, 0.2) is 0 Å². The highest BCUT2D eigenvalue weighted by molar-refractivity contribution is 5.85. The summed E-state index contributed by atoms with van der Waals surface area (Å²) in [6, 6.07) is 0. The Morgan fingerprint density at radius 1 is 1.08 bits per heavy atom. The average Bonchev–Trinajstić information content (AvgIpc) is 2.83. The molecule has 1 fully saturated rings. The van der Waals surface area contributed by atoms with Crippen molar-refractivity contribution < 1.29 is 40.5 Å². The molecule has 0 amide bonds. The first-order valence-electron chi connectivity index (χ1n) is 13.8. The lowest BCUT2D eigenvalue weighted by molar-refractivity contribution is -0.187. The summed E-state index contributed by atoms with van der Waals surface area (Å²) in [5.74, 6) is -2.84. The lowest BCUT2D eigenvalue weighted by Gasteiger charge is -2.57. The molecule has 0 bridgehead atoms. The van der Waals surface area contributed by atoms with Gasteiger partial charge in [-0.05, 0) is 57.3 Å². The first-order valence-corrected chi connectivity index (χ1v) is 13.8. The Morgan fingerprint density at radius 3 is 2.18 bits per heavy atom. The van der Waals surface area contributed by atoms with Crippen molar-refractivity contribution in [2.45, 2.75) is 105 Å². The highest BCUT2D eigenvalue weighted by Crippen LogP contribution is 2.57. The van der Waals surface area contributed by atoms with Gasteiger partial charge in [-0.2, -0.15) is 0 Å². The largest absolute Gasteiger partial charge is 0.478 e. The highest BCUT2D eigenvalue weighted by atomic mass is 16.4. The molecule has 0 aromatic rings. The van der Waals surface area contributed by atoms with Gasteiger partial charge < -0.3 is 35.7 Å². The topological polar surface area (TPSA) is 159 Å².